The highest BCUT2D eigenvalue weighted by molar-refractivity contribution is 4.97. The Kier molecular flexibility index (Phi) is 3.94. The van der Waals surface area contributed by atoms with Crippen LogP contribution in [0, 0.1) is 0 Å². The van der Waals surface area contributed by atoms with E-state index in [1.54, 1.807) is 4.68 Å². The van der Waals surface area contributed by atoms with Gasteiger partial charge >= 0.3 is 0 Å². The van der Waals surface area contributed by atoms with Crippen LogP contribution in [-0.4, -0.2) is 31.7 Å². The summed E-state index contributed by atoms with van der Waals surface area (Å²) in [6, 6.07) is 0. The van der Waals surface area contributed by atoms with Crippen LogP contribution in [0.1, 0.15) is 44.7 Å². The van der Waals surface area contributed by atoms with Crippen LogP contribution in [0.5, 0.6) is 0 Å². The first kappa shape index (κ1) is 13.7. The minimum atomic E-state index is -0.139. The number of nitrogens with zero attached hydrogens (tertiary/aromatic N) is 5. The molecule has 104 valence electrons. The van der Waals surface area contributed by atoms with Gasteiger partial charge in [-0.3, -0.25) is 0 Å². The third-order valence-electron chi connectivity index (χ3n) is 2.63. The molecule has 2 N–H and O–H groups in total. The van der Waals surface area contributed by atoms with Crippen LogP contribution < -0.4 is 5.73 Å². The quantitative estimate of drug-likeness (QED) is 0.862. The van der Waals surface area contributed by atoms with Crippen molar-refractivity contribution in [3.8, 4) is 0 Å². The average molecular weight is 264 g/mol. The molecule has 0 spiro atoms. The zero-order valence-corrected chi connectivity index (χ0v) is 11.6. The molecule has 2 aromatic rings. The minimum absolute atomic E-state index is 0.139. The van der Waals surface area contributed by atoms with Crippen molar-refractivity contribution < 1.29 is 4.42 Å². The fourth-order valence-electron chi connectivity index (χ4n) is 1.57. The summed E-state index contributed by atoms with van der Waals surface area (Å²) < 4.78 is 7.31. The van der Waals surface area contributed by atoms with Crippen LogP contribution >= 0.6 is 0 Å². The smallest absolute Gasteiger partial charge is 0.238 e. The van der Waals surface area contributed by atoms with Crippen molar-refractivity contribution in [1.82, 2.24) is 25.2 Å². The number of hydrogen-bond donors (Lipinski definition) is 1. The van der Waals surface area contributed by atoms with E-state index in [4.69, 9.17) is 10.2 Å². The Balaban J connectivity index is 2.01. The van der Waals surface area contributed by atoms with Gasteiger partial charge in [0.15, 0.2) is 0 Å². The second-order valence-electron chi connectivity index (χ2n) is 5.55. The molecule has 2 aromatic heterocycles. The fraction of sp³-hybridized carbons (Fsp3) is 0.667. The Morgan fingerprint density at radius 1 is 1.26 bits per heavy atom. The summed E-state index contributed by atoms with van der Waals surface area (Å²) in [5, 5.41) is 16.2. The van der Waals surface area contributed by atoms with Crippen LogP contribution in [0.2, 0.25) is 0 Å². The maximum Gasteiger partial charge on any atom is 0.238 e. The van der Waals surface area contributed by atoms with Crippen LogP contribution in [0.25, 0.3) is 0 Å². The lowest BCUT2D eigenvalue weighted by atomic mass is 9.97. The summed E-state index contributed by atoms with van der Waals surface area (Å²) in [4.78, 5) is 0. The van der Waals surface area contributed by atoms with Crippen molar-refractivity contribution in [3.05, 3.63) is 23.7 Å². The van der Waals surface area contributed by atoms with Crippen molar-refractivity contribution in [2.45, 2.75) is 45.6 Å². The zero-order valence-electron chi connectivity index (χ0n) is 11.6. The highest BCUT2D eigenvalue weighted by Gasteiger charge is 2.21. The second kappa shape index (κ2) is 5.48. The van der Waals surface area contributed by atoms with Crippen molar-refractivity contribution in [3.63, 3.8) is 0 Å². The minimum Gasteiger partial charge on any atom is -0.423 e. The summed E-state index contributed by atoms with van der Waals surface area (Å²) in [5.41, 5.74) is 6.25. The lowest BCUT2D eigenvalue weighted by Gasteiger charge is -2.10. The molecule has 0 aliphatic rings. The summed E-state index contributed by atoms with van der Waals surface area (Å²) in [6.45, 7) is 7.20. The molecule has 0 atom stereocenters. The van der Waals surface area contributed by atoms with Gasteiger partial charge in [0.05, 0.1) is 5.69 Å². The molecule has 7 heteroatoms. The van der Waals surface area contributed by atoms with Gasteiger partial charge in [-0.05, 0) is 19.4 Å². The first-order chi connectivity index (χ1) is 8.99. The molecule has 0 saturated heterocycles. The third kappa shape index (κ3) is 3.60. The summed E-state index contributed by atoms with van der Waals surface area (Å²) >= 11 is 0. The van der Waals surface area contributed by atoms with E-state index in [1.165, 1.54) is 0 Å². The molecule has 0 fully saturated rings. The van der Waals surface area contributed by atoms with Crippen molar-refractivity contribution in [2.75, 3.05) is 6.54 Å². The topological polar surface area (TPSA) is 95.7 Å². The first-order valence-electron chi connectivity index (χ1n) is 6.41. The van der Waals surface area contributed by atoms with Crippen LogP contribution in [-0.2, 0) is 18.4 Å². The molecule has 0 radical (unpaired) electrons. The van der Waals surface area contributed by atoms with Gasteiger partial charge < -0.3 is 10.2 Å². The maximum atomic E-state index is 5.61. The number of aromatic nitrogens is 5. The molecule has 0 unspecified atom stereocenters. The predicted octanol–water partition coefficient (Wildman–Crippen LogP) is 0.898. The van der Waals surface area contributed by atoms with E-state index in [2.05, 4.69) is 20.5 Å². The zero-order chi connectivity index (χ0) is 13.9. The molecule has 0 aromatic carbocycles. The van der Waals surface area contributed by atoms with Crippen LogP contribution in [0.4, 0.5) is 0 Å². The molecule has 0 amide bonds. The van der Waals surface area contributed by atoms with Gasteiger partial charge in [-0.2, -0.15) is 0 Å². The number of rotatable bonds is 5. The van der Waals surface area contributed by atoms with E-state index >= 15 is 0 Å². The second-order valence-corrected chi connectivity index (χ2v) is 5.55. The Hall–Kier alpha value is -1.76. The van der Waals surface area contributed by atoms with Crippen LogP contribution in [0.15, 0.2) is 10.6 Å². The van der Waals surface area contributed by atoms with E-state index in [0.29, 0.717) is 24.9 Å². The summed E-state index contributed by atoms with van der Waals surface area (Å²) in [6.07, 6.45) is 3.64. The van der Waals surface area contributed by atoms with E-state index in [1.807, 2.05) is 27.0 Å². The Morgan fingerprint density at radius 3 is 2.68 bits per heavy atom. The number of hydrogen-bond acceptors (Lipinski definition) is 6. The predicted molar refractivity (Wildman–Crippen MR) is 69.5 cm³/mol. The molecule has 0 aliphatic carbocycles. The lowest BCUT2D eigenvalue weighted by Crippen LogP contribution is -2.11. The SMILES string of the molecule is CC(C)(C)c1nnc(Cn2cc(CCCN)nn2)o1. The molecular weight excluding hydrogens is 244 g/mol. The molecule has 0 saturated carbocycles. The Bertz CT molecular complexity index is 524. The third-order valence-corrected chi connectivity index (χ3v) is 2.63. The molecule has 19 heavy (non-hydrogen) atoms. The molecule has 2 rings (SSSR count). The van der Waals surface area contributed by atoms with E-state index in [-0.39, 0.29) is 5.41 Å². The first-order valence-corrected chi connectivity index (χ1v) is 6.41. The Labute approximate surface area is 112 Å². The van der Waals surface area contributed by atoms with E-state index < -0.39 is 0 Å². The van der Waals surface area contributed by atoms with E-state index in [0.717, 1.165) is 18.5 Å². The molecular formula is C12H20N6O. The lowest BCUT2D eigenvalue weighted by molar-refractivity contribution is 0.362. The van der Waals surface area contributed by atoms with Gasteiger partial charge in [0.2, 0.25) is 11.8 Å². The molecule has 0 aliphatic heterocycles. The summed E-state index contributed by atoms with van der Waals surface area (Å²) in [5.74, 6) is 1.17. The van der Waals surface area contributed by atoms with Crippen molar-refractivity contribution in [2.24, 2.45) is 5.73 Å². The molecule has 7 nitrogen and oxygen atoms in total. The Morgan fingerprint density at radius 2 is 2.05 bits per heavy atom. The normalized spacial score (nSPS) is 12.0. The van der Waals surface area contributed by atoms with Crippen molar-refractivity contribution in [1.29, 1.82) is 0 Å². The van der Waals surface area contributed by atoms with Crippen molar-refractivity contribution >= 4 is 0 Å². The monoisotopic (exact) mass is 264 g/mol. The van der Waals surface area contributed by atoms with Gasteiger partial charge in [0.1, 0.15) is 6.54 Å². The number of nitrogens with two attached hydrogens (primary N) is 1. The highest BCUT2D eigenvalue weighted by atomic mass is 16.4. The van der Waals surface area contributed by atoms with Gasteiger partial charge in [-0.1, -0.05) is 26.0 Å². The number of aryl methyl sites for hydroxylation is 1. The molecule has 2 heterocycles. The standard InChI is InChI=1S/C12H20N6O/c1-12(2,3)11-16-15-10(19-11)8-18-7-9(14-17-18)5-4-6-13/h7H,4-6,8,13H2,1-3H3. The van der Waals surface area contributed by atoms with Gasteiger partial charge in [-0.25, -0.2) is 4.68 Å². The van der Waals surface area contributed by atoms with Gasteiger partial charge in [0, 0.05) is 11.6 Å². The fourth-order valence-corrected chi connectivity index (χ4v) is 1.57. The van der Waals surface area contributed by atoms with E-state index in [9.17, 15) is 0 Å². The highest BCUT2D eigenvalue weighted by Crippen LogP contribution is 2.20. The summed E-state index contributed by atoms with van der Waals surface area (Å²) in [7, 11) is 0. The maximum absolute atomic E-state index is 5.61. The van der Waals surface area contributed by atoms with Gasteiger partial charge in [0.25, 0.3) is 0 Å². The average Bonchev–Trinajstić information content (AvgIpc) is 2.95. The van der Waals surface area contributed by atoms with Crippen LogP contribution in [0.3, 0.4) is 0 Å². The molecule has 0 bridgehead atoms. The largest absolute Gasteiger partial charge is 0.423 e. The van der Waals surface area contributed by atoms with Gasteiger partial charge in [-0.15, -0.1) is 15.3 Å².